The van der Waals surface area contributed by atoms with Crippen LogP contribution in [0.2, 0.25) is 0 Å². The fourth-order valence-electron chi connectivity index (χ4n) is 2.22. The second-order valence-corrected chi connectivity index (χ2v) is 5.18. The highest BCUT2D eigenvalue weighted by molar-refractivity contribution is 5.69. The molecule has 10 heteroatoms. The average Bonchev–Trinajstić information content (AvgIpc) is 2.68. The lowest BCUT2D eigenvalue weighted by Crippen LogP contribution is -2.42. The molecule has 10 nitrogen and oxygen atoms in total. The number of morpholine rings is 1. The lowest BCUT2D eigenvalue weighted by atomic mass is 10.3. The van der Waals surface area contributed by atoms with Crippen molar-refractivity contribution in [1.29, 1.82) is 5.26 Å². The van der Waals surface area contributed by atoms with Gasteiger partial charge in [0.1, 0.15) is 11.9 Å². The largest absolute Gasteiger partial charge is 0.389 e. The first-order chi connectivity index (χ1) is 12.3. The molecule has 2 aromatic heterocycles. The first-order valence-corrected chi connectivity index (χ1v) is 7.59. The van der Waals surface area contributed by atoms with Crippen LogP contribution in [-0.4, -0.2) is 52.5 Å². The molecule has 0 aliphatic carbocycles. The molecule has 1 aliphatic heterocycles. The second-order valence-electron chi connectivity index (χ2n) is 5.18. The van der Waals surface area contributed by atoms with Crippen molar-refractivity contribution in [2.24, 2.45) is 0 Å². The number of anilines is 3. The van der Waals surface area contributed by atoms with E-state index in [4.69, 9.17) is 16.6 Å². The van der Waals surface area contributed by atoms with Gasteiger partial charge in [-0.25, -0.2) is 9.97 Å². The number of aromatic nitrogens is 4. The van der Waals surface area contributed by atoms with Crippen LogP contribution in [0.5, 0.6) is 0 Å². The number of ether oxygens (including phenoxy) is 1. The minimum Gasteiger partial charge on any atom is -0.389 e. The Bertz CT molecular complexity index is 803. The fourth-order valence-corrected chi connectivity index (χ4v) is 2.22. The van der Waals surface area contributed by atoms with Crippen LogP contribution in [0.25, 0.3) is 4.85 Å². The number of hydrogen-bond donors (Lipinski definition) is 3. The smallest absolute Gasteiger partial charge is 0.319 e. The summed E-state index contributed by atoms with van der Waals surface area (Å²) >= 11 is 0. The molecule has 0 saturated carbocycles. The van der Waals surface area contributed by atoms with Crippen molar-refractivity contribution in [2.75, 3.05) is 36.9 Å². The Morgan fingerprint density at radius 1 is 1.36 bits per heavy atom. The van der Waals surface area contributed by atoms with Crippen LogP contribution in [0.15, 0.2) is 18.5 Å². The molecule has 0 radical (unpaired) electrons. The van der Waals surface area contributed by atoms with Crippen LogP contribution < -0.4 is 16.0 Å². The van der Waals surface area contributed by atoms with Gasteiger partial charge in [-0.1, -0.05) is 6.57 Å². The van der Waals surface area contributed by atoms with Crippen molar-refractivity contribution in [2.45, 2.75) is 6.10 Å². The first kappa shape index (κ1) is 16.5. The van der Waals surface area contributed by atoms with Crippen molar-refractivity contribution in [1.82, 2.24) is 25.5 Å². The number of hydrogen-bond acceptors (Lipinski definition) is 9. The molecule has 1 fully saturated rings. The molecule has 1 atom stereocenters. The fraction of sp³-hybridized carbons (Fsp3) is 0.333. The van der Waals surface area contributed by atoms with E-state index in [9.17, 15) is 0 Å². The molecule has 3 rings (SSSR count). The maximum Gasteiger partial charge on any atom is 0.319 e. The van der Waals surface area contributed by atoms with E-state index in [0.29, 0.717) is 30.5 Å². The van der Waals surface area contributed by atoms with Gasteiger partial charge >= 0.3 is 5.82 Å². The summed E-state index contributed by atoms with van der Waals surface area (Å²) < 4.78 is 5.62. The molecular weight excluding hydrogens is 322 g/mol. The van der Waals surface area contributed by atoms with Crippen LogP contribution in [-0.2, 0) is 4.74 Å². The van der Waals surface area contributed by atoms with Gasteiger partial charge in [-0.3, -0.25) is 0 Å². The summed E-state index contributed by atoms with van der Waals surface area (Å²) in [4.78, 5) is 11.4. The molecular formula is C15H15N9O. The third kappa shape index (κ3) is 4.35. The van der Waals surface area contributed by atoms with Crippen molar-refractivity contribution in [3.63, 3.8) is 0 Å². The van der Waals surface area contributed by atoms with E-state index < -0.39 is 0 Å². The van der Waals surface area contributed by atoms with Gasteiger partial charge in [-0.15, -0.1) is 0 Å². The van der Waals surface area contributed by atoms with E-state index in [-0.39, 0.29) is 17.6 Å². The SMILES string of the molecule is [C-]#[N+]c1nnc(Nc2cnc(C#N)cn2)cc1NC[C@@H]1CNCCO1. The zero-order valence-electron chi connectivity index (χ0n) is 13.2. The molecule has 1 saturated heterocycles. The Hall–Kier alpha value is -3.34. The van der Waals surface area contributed by atoms with Gasteiger partial charge in [0.2, 0.25) is 0 Å². The van der Waals surface area contributed by atoms with Crippen molar-refractivity contribution in [3.05, 3.63) is 35.6 Å². The standard InChI is InChI=1S/C15H15N9O/c1-17-15-12(20-8-11-7-18-2-3-25-11)4-13(23-24-15)22-14-9-19-10(5-16)6-21-14/h4,6,9,11,18H,2-3,7-8H2,(H2,20,21,22,23)/t11-/m0/s1. The monoisotopic (exact) mass is 337 g/mol. The minimum atomic E-state index is 0.0290. The normalized spacial score (nSPS) is 16.5. The molecule has 0 bridgehead atoms. The van der Waals surface area contributed by atoms with E-state index in [1.54, 1.807) is 6.07 Å². The van der Waals surface area contributed by atoms with E-state index in [1.165, 1.54) is 12.4 Å². The summed E-state index contributed by atoms with van der Waals surface area (Å²) in [7, 11) is 0. The van der Waals surface area contributed by atoms with E-state index in [0.717, 1.165) is 13.1 Å². The zero-order valence-corrected chi connectivity index (χ0v) is 13.2. The Morgan fingerprint density at radius 2 is 2.28 bits per heavy atom. The lowest BCUT2D eigenvalue weighted by Gasteiger charge is -2.24. The zero-order chi connectivity index (χ0) is 17.5. The third-order valence-electron chi connectivity index (χ3n) is 3.43. The van der Waals surface area contributed by atoms with Crippen LogP contribution in [0, 0.1) is 17.9 Å². The molecule has 3 heterocycles. The van der Waals surface area contributed by atoms with Crippen LogP contribution in [0.1, 0.15) is 5.69 Å². The topological polar surface area (TPSA) is 125 Å². The highest BCUT2D eigenvalue weighted by Gasteiger charge is 2.15. The molecule has 3 N–H and O–H groups in total. The number of nitrogens with zero attached hydrogens (tertiary/aromatic N) is 6. The summed E-state index contributed by atoms with van der Waals surface area (Å²) in [6, 6.07) is 3.58. The van der Waals surface area contributed by atoms with Gasteiger partial charge in [-0.2, -0.15) is 5.26 Å². The van der Waals surface area contributed by atoms with Crippen molar-refractivity contribution in [3.8, 4) is 6.07 Å². The van der Waals surface area contributed by atoms with E-state index in [1.807, 2.05) is 6.07 Å². The Kier molecular flexibility index (Phi) is 5.26. The predicted molar refractivity (Wildman–Crippen MR) is 89.4 cm³/mol. The Balaban J connectivity index is 1.70. The quantitative estimate of drug-likeness (QED) is 0.680. The summed E-state index contributed by atoms with van der Waals surface area (Å²) in [5.41, 5.74) is 0.784. The lowest BCUT2D eigenvalue weighted by molar-refractivity contribution is 0.0372. The van der Waals surface area contributed by atoms with Crippen molar-refractivity contribution < 1.29 is 4.74 Å². The van der Waals surface area contributed by atoms with Gasteiger partial charge in [0.25, 0.3) is 0 Å². The summed E-state index contributed by atoms with van der Waals surface area (Å²) in [6.45, 7) is 10.0. The van der Waals surface area contributed by atoms with Crippen LogP contribution in [0.4, 0.5) is 23.1 Å². The van der Waals surface area contributed by atoms with Crippen LogP contribution >= 0.6 is 0 Å². The third-order valence-corrected chi connectivity index (χ3v) is 3.43. The molecule has 126 valence electrons. The highest BCUT2D eigenvalue weighted by atomic mass is 16.5. The summed E-state index contributed by atoms with van der Waals surface area (Å²) in [6.07, 6.45) is 2.81. The molecule has 2 aromatic rings. The molecule has 1 aliphatic rings. The number of nitrogens with one attached hydrogen (secondary N) is 3. The maximum absolute atomic E-state index is 8.73. The molecule has 0 aromatic carbocycles. The molecule has 25 heavy (non-hydrogen) atoms. The summed E-state index contributed by atoms with van der Waals surface area (Å²) in [5.74, 6) is 1.02. The molecule has 0 spiro atoms. The first-order valence-electron chi connectivity index (χ1n) is 7.59. The van der Waals surface area contributed by atoms with Gasteiger partial charge < -0.3 is 25.5 Å². The van der Waals surface area contributed by atoms with Gasteiger partial charge in [-0.05, 0) is 11.2 Å². The van der Waals surface area contributed by atoms with E-state index in [2.05, 4.69) is 41.0 Å². The van der Waals surface area contributed by atoms with Gasteiger partial charge in [0.05, 0.1) is 30.8 Å². The Morgan fingerprint density at radius 3 is 2.96 bits per heavy atom. The van der Waals surface area contributed by atoms with Gasteiger partial charge in [0.15, 0.2) is 11.5 Å². The number of rotatable bonds is 5. The van der Waals surface area contributed by atoms with E-state index >= 15 is 0 Å². The highest BCUT2D eigenvalue weighted by Crippen LogP contribution is 2.25. The minimum absolute atomic E-state index is 0.0290. The summed E-state index contributed by atoms with van der Waals surface area (Å²) in [5, 5.41) is 26.0. The van der Waals surface area contributed by atoms with Gasteiger partial charge in [0, 0.05) is 24.7 Å². The predicted octanol–water partition coefficient (Wildman–Crippen LogP) is 0.833. The molecule has 0 unspecified atom stereocenters. The maximum atomic E-state index is 8.73. The molecule has 0 amide bonds. The van der Waals surface area contributed by atoms with Crippen molar-refractivity contribution >= 4 is 23.1 Å². The average molecular weight is 337 g/mol. The Labute approximate surface area is 144 Å². The second kappa shape index (κ2) is 7.97. The number of nitriles is 1. The van der Waals surface area contributed by atoms with Crippen LogP contribution in [0.3, 0.4) is 0 Å².